The van der Waals surface area contributed by atoms with Crippen LogP contribution in [0.4, 0.5) is 5.69 Å². The highest BCUT2D eigenvalue weighted by Crippen LogP contribution is 2.20. The van der Waals surface area contributed by atoms with Crippen molar-refractivity contribution < 1.29 is 9.90 Å². The topological polar surface area (TPSA) is 111 Å². The number of pyridine rings is 1. The van der Waals surface area contributed by atoms with Gasteiger partial charge in [-0.15, -0.1) is 13.2 Å². The number of nitrogens with zero attached hydrogens (tertiary/aromatic N) is 3. The molecule has 0 unspecified atom stereocenters. The van der Waals surface area contributed by atoms with E-state index in [2.05, 4.69) is 23.1 Å². The molecule has 2 aromatic heterocycles. The molecular formula is C14H14N4O3. The Hall–Kier alpha value is -2.96. The van der Waals surface area contributed by atoms with Crippen molar-refractivity contribution in [2.45, 2.75) is 13.0 Å². The Morgan fingerprint density at radius 1 is 1.43 bits per heavy atom. The van der Waals surface area contributed by atoms with E-state index in [4.69, 9.17) is 10.8 Å². The Labute approximate surface area is 120 Å². The Morgan fingerprint density at radius 3 is 2.71 bits per heavy atom. The van der Waals surface area contributed by atoms with E-state index in [-0.39, 0.29) is 17.9 Å². The van der Waals surface area contributed by atoms with E-state index >= 15 is 0 Å². The van der Waals surface area contributed by atoms with Crippen molar-refractivity contribution in [1.82, 2.24) is 14.5 Å². The van der Waals surface area contributed by atoms with Crippen LogP contribution in [0.25, 0.3) is 11.0 Å². The second-order valence-corrected chi connectivity index (χ2v) is 4.31. The van der Waals surface area contributed by atoms with Gasteiger partial charge < -0.3 is 10.8 Å². The van der Waals surface area contributed by atoms with Gasteiger partial charge in [0, 0.05) is 19.2 Å². The smallest absolute Gasteiger partial charge is 0.343 e. The number of nitrogens with two attached hydrogens (primary N) is 1. The van der Waals surface area contributed by atoms with Crippen LogP contribution in [-0.4, -0.2) is 25.6 Å². The third-order valence-electron chi connectivity index (χ3n) is 2.95. The van der Waals surface area contributed by atoms with Gasteiger partial charge in [-0.05, 0) is 0 Å². The molecule has 2 rings (SSSR count). The standard InChI is InChI=1S/C14H14N4O3/c1-3-5-9-16-7-8-11(15)10(14(20)21)13(19)18(6-4-2)12(8)17-9/h3-4,7H,1-2,5-6,15H2,(H,20,21). The number of aromatic nitrogens is 3. The number of carbonyl (C=O) groups is 1. The van der Waals surface area contributed by atoms with Crippen LogP contribution in [0.2, 0.25) is 0 Å². The third-order valence-corrected chi connectivity index (χ3v) is 2.95. The fourth-order valence-electron chi connectivity index (χ4n) is 2.02. The van der Waals surface area contributed by atoms with Crippen molar-refractivity contribution in [2.75, 3.05) is 5.73 Å². The monoisotopic (exact) mass is 286 g/mol. The molecule has 0 atom stereocenters. The Balaban J connectivity index is 2.93. The molecule has 0 aliphatic rings. The van der Waals surface area contributed by atoms with Crippen LogP contribution in [0.15, 0.2) is 36.3 Å². The van der Waals surface area contributed by atoms with Gasteiger partial charge in [-0.2, -0.15) is 0 Å². The first-order chi connectivity index (χ1) is 10.0. The molecule has 0 spiro atoms. The highest BCUT2D eigenvalue weighted by molar-refractivity contribution is 6.02. The van der Waals surface area contributed by atoms with Crippen molar-refractivity contribution in [3.8, 4) is 0 Å². The lowest BCUT2D eigenvalue weighted by molar-refractivity contribution is 0.0695. The van der Waals surface area contributed by atoms with E-state index in [0.717, 1.165) is 0 Å². The second-order valence-electron chi connectivity index (χ2n) is 4.31. The van der Waals surface area contributed by atoms with Crippen LogP contribution in [0.3, 0.4) is 0 Å². The van der Waals surface area contributed by atoms with Gasteiger partial charge in [0.25, 0.3) is 5.56 Å². The van der Waals surface area contributed by atoms with E-state index in [9.17, 15) is 9.59 Å². The van der Waals surface area contributed by atoms with Crippen molar-refractivity contribution >= 4 is 22.7 Å². The summed E-state index contributed by atoms with van der Waals surface area (Å²) in [5.41, 5.74) is 4.75. The maximum absolute atomic E-state index is 12.3. The molecule has 2 heterocycles. The van der Waals surface area contributed by atoms with Gasteiger partial charge in [0.15, 0.2) is 0 Å². The molecule has 0 aliphatic carbocycles. The highest BCUT2D eigenvalue weighted by atomic mass is 16.4. The minimum Gasteiger partial charge on any atom is -0.477 e. The summed E-state index contributed by atoms with van der Waals surface area (Å²) in [5.74, 6) is -0.912. The summed E-state index contributed by atoms with van der Waals surface area (Å²) in [5, 5.41) is 9.49. The summed E-state index contributed by atoms with van der Waals surface area (Å²) in [6, 6.07) is 0. The first-order valence-corrected chi connectivity index (χ1v) is 6.14. The predicted molar refractivity (Wildman–Crippen MR) is 79.3 cm³/mol. The molecule has 0 amide bonds. The molecule has 0 fully saturated rings. The number of carboxylic acids is 1. The number of hydrogen-bond donors (Lipinski definition) is 2. The largest absolute Gasteiger partial charge is 0.477 e. The molecule has 0 radical (unpaired) electrons. The zero-order valence-electron chi connectivity index (χ0n) is 11.2. The van der Waals surface area contributed by atoms with Gasteiger partial charge in [0.05, 0.1) is 11.1 Å². The van der Waals surface area contributed by atoms with Crippen molar-refractivity contribution in [1.29, 1.82) is 0 Å². The fraction of sp³-hybridized carbons (Fsp3) is 0.143. The van der Waals surface area contributed by atoms with Gasteiger partial charge in [-0.3, -0.25) is 9.36 Å². The summed E-state index contributed by atoms with van der Waals surface area (Å²) in [4.78, 5) is 31.9. The average molecular weight is 286 g/mol. The summed E-state index contributed by atoms with van der Waals surface area (Å²) >= 11 is 0. The molecule has 0 aliphatic heterocycles. The van der Waals surface area contributed by atoms with Crippen LogP contribution in [0, 0.1) is 0 Å². The number of fused-ring (bicyclic) bond motifs is 1. The SMILES string of the molecule is C=CCc1ncc2c(N)c(C(=O)O)c(=O)n(CC=C)c2n1. The second kappa shape index (κ2) is 5.58. The van der Waals surface area contributed by atoms with Crippen LogP contribution in [0.1, 0.15) is 16.2 Å². The lowest BCUT2D eigenvalue weighted by Gasteiger charge is -2.12. The molecule has 0 bridgehead atoms. The van der Waals surface area contributed by atoms with E-state index in [1.54, 1.807) is 6.08 Å². The van der Waals surface area contributed by atoms with Crippen molar-refractivity contribution in [2.24, 2.45) is 0 Å². The van der Waals surface area contributed by atoms with E-state index in [1.807, 2.05) is 0 Å². The van der Waals surface area contributed by atoms with Gasteiger partial charge in [-0.1, -0.05) is 12.2 Å². The highest BCUT2D eigenvalue weighted by Gasteiger charge is 2.21. The molecule has 3 N–H and O–H groups in total. The zero-order valence-corrected chi connectivity index (χ0v) is 11.2. The maximum atomic E-state index is 12.3. The Morgan fingerprint density at radius 2 is 2.14 bits per heavy atom. The van der Waals surface area contributed by atoms with Crippen LogP contribution < -0.4 is 11.3 Å². The van der Waals surface area contributed by atoms with Gasteiger partial charge >= 0.3 is 5.97 Å². The summed E-state index contributed by atoms with van der Waals surface area (Å²) in [6.07, 6.45) is 4.96. The van der Waals surface area contributed by atoms with Crippen molar-refractivity contribution in [3.63, 3.8) is 0 Å². The third kappa shape index (κ3) is 2.40. The predicted octanol–water partition coefficient (Wildman–Crippen LogP) is 0.986. The number of aromatic carboxylic acids is 1. The van der Waals surface area contributed by atoms with E-state index in [1.165, 1.54) is 16.8 Å². The lowest BCUT2D eigenvalue weighted by atomic mass is 10.1. The Kier molecular flexibility index (Phi) is 3.84. The van der Waals surface area contributed by atoms with Gasteiger partial charge in [0.1, 0.15) is 17.0 Å². The number of rotatable bonds is 5. The minimum absolute atomic E-state index is 0.125. The molecule has 0 saturated carbocycles. The average Bonchev–Trinajstić information content (AvgIpc) is 2.43. The zero-order chi connectivity index (χ0) is 15.6. The number of nitrogen functional groups attached to an aromatic ring is 1. The number of allylic oxidation sites excluding steroid dienone is 2. The van der Waals surface area contributed by atoms with Crippen LogP contribution in [-0.2, 0) is 13.0 Å². The molecule has 21 heavy (non-hydrogen) atoms. The molecule has 7 nitrogen and oxygen atoms in total. The first kappa shape index (κ1) is 14.4. The van der Waals surface area contributed by atoms with E-state index in [0.29, 0.717) is 17.6 Å². The van der Waals surface area contributed by atoms with Crippen LogP contribution in [0.5, 0.6) is 0 Å². The molecular weight excluding hydrogens is 272 g/mol. The van der Waals surface area contributed by atoms with Gasteiger partial charge in [-0.25, -0.2) is 14.8 Å². The van der Waals surface area contributed by atoms with Crippen LogP contribution >= 0.6 is 0 Å². The fourth-order valence-corrected chi connectivity index (χ4v) is 2.02. The van der Waals surface area contributed by atoms with Crippen molar-refractivity contribution in [3.05, 3.63) is 53.2 Å². The molecule has 7 heteroatoms. The first-order valence-electron chi connectivity index (χ1n) is 6.14. The lowest BCUT2D eigenvalue weighted by Crippen LogP contribution is -2.29. The molecule has 108 valence electrons. The quantitative estimate of drug-likeness (QED) is 0.793. The van der Waals surface area contributed by atoms with Gasteiger partial charge in [0.2, 0.25) is 0 Å². The molecule has 0 saturated heterocycles. The number of carboxylic acid groups (broad SMARTS) is 1. The normalized spacial score (nSPS) is 10.5. The summed E-state index contributed by atoms with van der Waals surface area (Å²) in [6.45, 7) is 7.29. The Bertz CT molecular complexity index is 808. The maximum Gasteiger partial charge on any atom is 0.343 e. The summed E-state index contributed by atoms with van der Waals surface area (Å²) in [7, 11) is 0. The minimum atomic E-state index is -1.38. The summed E-state index contributed by atoms with van der Waals surface area (Å²) < 4.78 is 1.22. The number of anilines is 1. The number of hydrogen-bond acceptors (Lipinski definition) is 5. The molecule has 2 aromatic rings. The molecule has 0 aromatic carbocycles. The van der Waals surface area contributed by atoms with E-state index < -0.39 is 17.1 Å².